The van der Waals surface area contributed by atoms with Gasteiger partial charge in [-0.05, 0) is 73.2 Å². The topological polar surface area (TPSA) is 58.9 Å². The zero-order valence-corrected chi connectivity index (χ0v) is 22.4. The second-order valence-electron chi connectivity index (χ2n) is 9.67. The number of ether oxygens (including phenoxy) is 1. The van der Waals surface area contributed by atoms with E-state index >= 15 is 4.39 Å². The molecular weight excluding hydrogens is 548 g/mol. The summed E-state index contributed by atoms with van der Waals surface area (Å²) in [6, 6.07) is 14.4. The molecule has 0 atom stereocenters. The minimum Gasteiger partial charge on any atom is -0.406 e. The first kappa shape index (κ1) is 27.8. The lowest BCUT2D eigenvalue weighted by Gasteiger charge is -2.34. The van der Waals surface area contributed by atoms with Crippen molar-refractivity contribution >= 4 is 28.8 Å². The maximum atomic E-state index is 15.1. The zero-order valence-electron chi connectivity index (χ0n) is 21.6. The highest BCUT2D eigenvalue weighted by molar-refractivity contribution is 6.30. The van der Waals surface area contributed by atoms with E-state index in [0.717, 1.165) is 24.1 Å². The fraction of sp³-hybridized carbons (Fsp3) is 0.310. The lowest BCUT2D eigenvalue weighted by Crippen LogP contribution is -2.32. The number of benzene rings is 2. The number of pyridine rings is 1. The van der Waals surface area contributed by atoms with E-state index in [-0.39, 0.29) is 24.1 Å². The van der Waals surface area contributed by atoms with Gasteiger partial charge in [0, 0.05) is 37.1 Å². The fourth-order valence-corrected chi connectivity index (χ4v) is 5.26. The van der Waals surface area contributed by atoms with Crippen molar-refractivity contribution in [1.82, 2.24) is 14.7 Å². The van der Waals surface area contributed by atoms with E-state index in [1.165, 1.54) is 18.2 Å². The number of fused-ring (bicyclic) bond motifs is 1. The second kappa shape index (κ2) is 11.4. The number of hydrogen-bond donors (Lipinski definition) is 1. The highest BCUT2D eigenvalue weighted by Crippen LogP contribution is 2.32. The Morgan fingerprint density at radius 3 is 2.48 bits per heavy atom. The van der Waals surface area contributed by atoms with Crippen LogP contribution in [0.15, 0.2) is 60.8 Å². The first-order valence-electron chi connectivity index (χ1n) is 12.9. The summed E-state index contributed by atoms with van der Waals surface area (Å²) < 4.78 is 57.8. The molecule has 3 heterocycles. The van der Waals surface area contributed by atoms with Crippen LogP contribution >= 0.6 is 11.6 Å². The Hall–Kier alpha value is -3.79. The number of hydrogen-bond acceptors (Lipinski definition) is 4. The summed E-state index contributed by atoms with van der Waals surface area (Å²) in [5.74, 6) is -0.860. The number of piperidine rings is 1. The third-order valence-corrected chi connectivity index (χ3v) is 7.35. The lowest BCUT2D eigenvalue weighted by atomic mass is 9.88. The lowest BCUT2D eigenvalue weighted by molar-refractivity contribution is -0.274. The van der Waals surface area contributed by atoms with Crippen LogP contribution < -0.4 is 15.0 Å². The van der Waals surface area contributed by atoms with Crippen LogP contribution in [0.25, 0.3) is 5.65 Å². The van der Waals surface area contributed by atoms with E-state index in [1.807, 2.05) is 13.0 Å². The van der Waals surface area contributed by atoms with Gasteiger partial charge in [-0.25, -0.2) is 9.37 Å². The molecule has 1 aliphatic heterocycles. The van der Waals surface area contributed by atoms with E-state index in [4.69, 9.17) is 11.6 Å². The molecule has 4 aromatic rings. The molecule has 0 saturated carbocycles. The zero-order chi connectivity index (χ0) is 28.4. The van der Waals surface area contributed by atoms with Crippen molar-refractivity contribution in [3.05, 3.63) is 94.1 Å². The molecule has 6 nitrogen and oxygen atoms in total. The number of rotatable bonds is 7. The molecule has 40 heavy (non-hydrogen) atoms. The molecule has 0 radical (unpaired) electrons. The van der Waals surface area contributed by atoms with Crippen molar-refractivity contribution in [3.63, 3.8) is 0 Å². The number of alkyl halides is 3. The number of nitrogens with one attached hydrogen (secondary N) is 1. The fourth-order valence-electron chi connectivity index (χ4n) is 5.10. The van der Waals surface area contributed by atoms with E-state index < -0.39 is 12.2 Å². The predicted molar refractivity (Wildman–Crippen MR) is 144 cm³/mol. The molecule has 0 spiro atoms. The third-order valence-electron chi connectivity index (χ3n) is 7.12. The average Bonchev–Trinajstić information content (AvgIpc) is 3.30. The molecule has 1 saturated heterocycles. The van der Waals surface area contributed by atoms with Crippen molar-refractivity contribution in [2.75, 3.05) is 18.0 Å². The minimum absolute atomic E-state index is 0.0222. The van der Waals surface area contributed by atoms with Crippen LogP contribution in [-0.2, 0) is 13.0 Å². The minimum atomic E-state index is -4.72. The molecule has 1 aliphatic rings. The van der Waals surface area contributed by atoms with Crippen LogP contribution in [0.4, 0.5) is 23.2 Å². The Kier molecular flexibility index (Phi) is 7.89. The van der Waals surface area contributed by atoms with Crippen LogP contribution in [0.1, 0.15) is 53.0 Å². The van der Waals surface area contributed by atoms with E-state index in [2.05, 4.69) is 19.9 Å². The van der Waals surface area contributed by atoms with Gasteiger partial charge in [0.25, 0.3) is 5.91 Å². The van der Waals surface area contributed by atoms with Crippen LogP contribution in [0.3, 0.4) is 0 Å². The summed E-state index contributed by atoms with van der Waals surface area (Å²) >= 11 is 6.11. The van der Waals surface area contributed by atoms with Crippen molar-refractivity contribution in [3.8, 4) is 5.75 Å². The van der Waals surface area contributed by atoms with Gasteiger partial charge < -0.3 is 15.0 Å². The molecule has 1 amide bonds. The second-order valence-corrected chi connectivity index (χ2v) is 10.1. The van der Waals surface area contributed by atoms with E-state index in [9.17, 15) is 18.0 Å². The number of anilines is 1. The Labute approximate surface area is 233 Å². The molecule has 2 aromatic heterocycles. The van der Waals surface area contributed by atoms with Gasteiger partial charge in [-0.2, -0.15) is 0 Å². The molecule has 5 rings (SSSR count). The van der Waals surface area contributed by atoms with Gasteiger partial charge in [-0.3, -0.25) is 9.20 Å². The molecule has 0 unspecified atom stereocenters. The monoisotopic (exact) mass is 574 g/mol. The molecule has 210 valence electrons. The number of aromatic nitrogens is 2. The Morgan fingerprint density at radius 2 is 1.82 bits per heavy atom. The summed E-state index contributed by atoms with van der Waals surface area (Å²) in [6.45, 7) is 3.31. The Morgan fingerprint density at radius 1 is 1.10 bits per heavy atom. The quantitative estimate of drug-likeness (QED) is 0.244. The SMILES string of the molecule is CCc1nc2ccc(Cl)cn2c1C(=O)NCc1ccc(C2CCN(c3ccc(OC(F)(F)F)cc3)CC2)cc1F. The number of carbonyl (C=O) groups is 1. The average molecular weight is 575 g/mol. The summed E-state index contributed by atoms with van der Waals surface area (Å²) in [7, 11) is 0. The maximum Gasteiger partial charge on any atom is 0.573 e. The molecule has 1 N–H and O–H groups in total. The number of carbonyl (C=O) groups excluding carboxylic acids is 1. The van der Waals surface area contributed by atoms with Crippen molar-refractivity contribution in [2.45, 2.75) is 45.0 Å². The molecular formula is C29H27ClF4N4O2. The first-order chi connectivity index (χ1) is 19.1. The van der Waals surface area contributed by atoms with Crippen molar-refractivity contribution in [1.29, 1.82) is 0 Å². The number of nitrogens with zero attached hydrogens (tertiary/aromatic N) is 3. The highest BCUT2D eigenvalue weighted by Gasteiger charge is 2.31. The van der Waals surface area contributed by atoms with Crippen molar-refractivity contribution < 1.29 is 27.1 Å². The smallest absolute Gasteiger partial charge is 0.406 e. The van der Waals surface area contributed by atoms with Gasteiger partial charge >= 0.3 is 6.36 Å². The van der Waals surface area contributed by atoms with Crippen LogP contribution in [0.2, 0.25) is 5.02 Å². The summed E-state index contributed by atoms with van der Waals surface area (Å²) in [4.78, 5) is 19.6. The molecule has 0 aliphatic carbocycles. The molecule has 1 fully saturated rings. The predicted octanol–water partition coefficient (Wildman–Crippen LogP) is 6.90. The van der Waals surface area contributed by atoms with Gasteiger partial charge in [0.15, 0.2) is 0 Å². The number of aryl methyl sites for hydroxylation is 1. The van der Waals surface area contributed by atoms with Crippen molar-refractivity contribution in [2.24, 2.45) is 0 Å². The van der Waals surface area contributed by atoms with Gasteiger partial charge in [0.2, 0.25) is 0 Å². The highest BCUT2D eigenvalue weighted by atomic mass is 35.5. The van der Waals surface area contributed by atoms with Crippen LogP contribution in [0, 0.1) is 5.82 Å². The van der Waals surface area contributed by atoms with Gasteiger partial charge in [0.05, 0.1) is 10.7 Å². The summed E-state index contributed by atoms with van der Waals surface area (Å²) in [5.41, 5.74) is 3.69. The molecule has 2 aromatic carbocycles. The summed E-state index contributed by atoms with van der Waals surface area (Å²) in [5, 5.41) is 3.28. The Bertz CT molecular complexity index is 1510. The summed E-state index contributed by atoms with van der Waals surface area (Å²) in [6.07, 6.45) is -0.990. The van der Waals surface area contributed by atoms with Crippen LogP contribution in [0.5, 0.6) is 5.75 Å². The van der Waals surface area contributed by atoms with Gasteiger partial charge in [0.1, 0.15) is 22.9 Å². The molecule has 11 heteroatoms. The largest absolute Gasteiger partial charge is 0.573 e. The standard InChI is InChI=1S/C29H27ClF4N4O2/c1-2-25-27(38-17-21(30)5-10-26(38)36-25)28(39)35-16-20-4-3-19(15-24(20)31)18-11-13-37(14-12-18)22-6-8-23(9-7-22)40-29(32,33)34/h3-10,15,17-18H,2,11-14,16H2,1H3,(H,35,39). The van der Waals surface area contributed by atoms with Gasteiger partial charge in [-0.1, -0.05) is 30.7 Å². The Balaban J connectivity index is 1.19. The van der Waals surface area contributed by atoms with E-state index in [1.54, 1.807) is 40.9 Å². The third kappa shape index (κ3) is 6.17. The molecule has 0 bridgehead atoms. The number of amides is 1. The van der Waals surface area contributed by atoms with Crippen LogP contribution in [-0.4, -0.2) is 34.7 Å². The first-order valence-corrected chi connectivity index (χ1v) is 13.3. The van der Waals surface area contributed by atoms with E-state index in [0.29, 0.717) is 47.1 Å². The number of halogens is 5. The van der Waals surface area contributed by atoms with Gasteiger partial charge in [-0.15, -0.1) is 13.2 Å². The normalized spacial score (nSPS) is 14.5. The number of imidazole rings is 1. The maximum absolute atomic E-state index is 15.1.